The van der Waals surface area contributed by atoms with E-state index in [0.717, 1.165) is 31.0 Å². The molecule has 0 aromatic heterocycles. The molecule has 1 aromatic rings. The van der Waals surface area contributed by atoms with E-state index in [4.69, 9.17) is 5.73 Å². The molecular formula is C14H20F2N2O2S. The fourth-order valence-electron chi connectivity index (χ4n) is 2.86. The van der Waals surface area contributed by atoms with Crippen molar-refractivity contribution in [1.82, 2.24) is 4.31 Å². The fraction of sp³-hybridized carbons (Fsp3) is 0.571. The van der Waals surface area contributed by atoms with Crippen LogP contribution < -0.4 is 5.73 Å². The summed E-state index contributed by atoms with van der Waals surface area (Å²) >= 11 is 0. The summed E-state index contributed by atoms with van der Waals surface area (Å²) in [5, 5.41) is 0. The van der Waals surface area contributed by atoms with Crippen molar-refractivity contribution in [3.05, 3.63) is 29.8 Å². The molecule has 1 aliphatic rings. The van der Waals surface area contributed by atoms with Crippen molar-refractivity contribution in [1.29, 1.82) is 0 Å². The number of sulfonamides is 1. The van der Waals surface area contributed by atoms with E-state index in [-0.39, 0.29) is 18.6 Å². The second-order valence-corrected chi connectivity index (χ2v) is 7.16. The predicted molar refractivity (Wildman–Crippen MR) is 76.2 cm³/mol. The average molecular weight is 318 g/mol. The van der Waals surface area contributed by atoms with Gasteiger partial charge in [0.25, 0.3) is 0 Å². The van der Waals surface area contributed by atoms with Gasteiger partial charge in [-0.15, -0.1) is 0 Å². The number of nitrogens with two attached hydrogens (primary N) is 1. The van der Waals surface area contributed by atoms with Crippen molar-refractivity contribution in [3.63, 3.8) is 0 Å². The van der Waals surface area contributed by atoms with Gasteiger partial charge in [0, 0.05) is 18.6 Å². The molecule has 0 amide bonds. The number of hydrogen-bond donors (Lipinski definition) is 1. The molecule has 1 fully saturated rings. The Hall–Kier alpha value is -1.05. The Labute approximate surface area is 124 Å². The second-order valence-electron chi connectivity index (χ2n) is 5.33. The predicted octanol–water partition coefficient (Wildman–Crippen LogP) is 2.25. The summed E-state index contributed by atoms with van der Waals surface area (Å²) in [6.07, 6.45) is 2.67. The largest absolute Gasteiger partial charge is 0.328 e. The summed E-state index contributed by atoms with van der Waals surface area (Å²) in [6.45, 7) is 1.85. The SMILES string of the molecule is CCN(C1CCC(N)CC1)S(=O)(=O)c1c(F)cccc1F. The van der Waals surface area contributed by atoms with E-state index in [0.29, 0.717) is 12.8 Å². The highest BCUT2D eigenvalue weighted by molar-refractivity contribution is 7.89. The molecule has 1 saturated carbocycles. The van der Waals surface area contributed by atoms with Gasteiger partial charge in [0.15, 0.2) is 4.90 Å². The quantitative estimate of drug-likeness (QED) is 0.926. The summed E-state index contributed by atoms with van der Waals surface area (Å²) in [7, 11) is -4.19. The minimum atomic E-state index is -4.19. The highest BCUT2D eigenvalue weighted by Crippen LogP contribution is 2.29. The lowest BCUT2D eigenvalue weighted by Gasteiger charge is -2.34. The molecule has 0 radical (unpaired) electrons. The zero-order valence-electron chi connectivity index (χ0n) is 11.9. The smallest absolute Gasteiger partial charge is 0.249 e. The van der Waals surface area contributed by atoms with E-state index in [9.17, 15) is 17.2 Å². The van der Waals surface area contributed by atoms with Gasteiger partial charge in [-0.3, -0.25) is 0 Å². The van der Waals surface area contributed by atoms with E-state index in [1.807, 2.05) is 0 Å². The Morgan fingerprint density at radius 1 is 1.19 bits per heavy atom. The lowest BCUT2D eigenvalue weighted by atomic mass is 9.92. The molecule has 7 heteroatoms. The third-order valence-corrected chi connectivity index (χ3v) is 6.03. The van der Waals surface area contributed by atoms with Crippen LogP contribution in [0.2, 0.25) is 0 Å². The third kappa shape index (κ3) is 3.25. The van der Waals surface area contributed by atoms with Gasteiger partial charge in [-0.05, 0) is 37.8 Å². The number of hydrogen-bond acceptors (Lipinski definition) is 3. The summed E-state index contributed by atoms with van der Waals surface area (Å²) in [5.74, 6) is -2.11. The number of rotatable bonds is 4. The highest BCUT2D eigenvalue weighted by atomic mass is 32.2. The first-order valence-electron chi connectivity index (χ1n) is 7.09. The first-order valence-corrected chi connectivity index (χ1v) is 8.53. The average Bonchev–Trinajstić information content (AvgIpc) is 2.41. The third-order valence-electron chi connectivity index (χ3n) is 3.95. The molecule has 0 spiro atoms. The van der Waals surface area contributed by atoms with E-state index in [1.54, 1.807) is 6.92 Å². The highest BCUT2D eigenvalue weighted by Gasteiger charge is 2.35. The van der Waals surface area contributed by atoms with Crippen LogP contribution in [0.15, 0.2) is 23.1 Å². The van der Waals surface area contributed by atoms with Crippen molar-refractivity contribution in [2.24, 2.45) is 5.73 Å². The molecule has 0 bridgehead atoms. The van der Waals surface area contributed by atoms with Crippen molar-refractivity contribution in [2.45, 2.75) is 49.6 Å². The molecular weight excluding hydrogens is 298 g/mol. The number of benzene rings is 1. The van der Waals surface area contributed by atoms with Gasteiger partial charge in [-0.25, -0.2) is 17.2 Å². The first kappa shape index (κ1) is 16.3. The van der Waals surface area contributed by atoms with E-state index < -0.39 is 26.6 Å². The molecule has 1 aromatic carbocycles. The van der Waals surface area contributed by atoms with Gasteiger partial charge in [0.2, 0.25) is 10.0 Å². The molecule has 0 saturated heterocycles. The van der Waals surface area contributed by atoms with Gasteiger partial charge >= 0.3 is 0 Å². The van der Waals surface area contributed by atoms with E-state index in [2.05, 4.69) is 0 Å². The Morgan fingerprint density at radius 3 is 2.19 bits per heavy atom. The summed E-state index contributed by atoms with van der Waals surface area (Å²) in [5.41, 5.74) is 5.82. The number of halogens is 2. The molecule has 0 unspecified atom stereocenters. The van der Waals surface area contributed by atoms with Crippen LogP contribution in [0.1, 0.15) is 32.6 Å². The maximum absolute atomic E-state index is 13.8. The lowest BCUT2D eigenvalue weighted by Crippen LogP contribution is -2.44. The first-order chi connectivity index (χ1) is 9.87. The van der Waals surface area contributed by atoms with Gasteiger partial charge in [-0.2, -0.15) is 4.31 Å². The van der Waals surface area contributed by atoms with Crippen LogP contribution in [0.4, 0.5) is 8.78 Å². The maximum Gasteiger partial charge on any atom is 0.249 e. The molecule has 0 heterocycles. The van der Waals surface area contributed by atoms with Crippen LogP contribution in [-0.2, 0) is 10.0 Å². The molecule has 2 N–H and O–H groups in total. The normalized spacial score (nSPS) is 23.5. The molecule has 118 valence electrons. The summed E-state index contributed by atoms with van der Waals surface area (Å²) < 4.78 is 54.0. The van der Waals surface area contributed by atoms with Crippen molar-refractivity contribution >= 4 is 10.0 Å². The standard InChI is InChI=1S/C14H20F2N2O2S/c1-2-18(11-8-6-10(17)7-9-11)21(19,20)14-12(15)4-3-5-13(14)16/h3-5,10-11H,2,6-9,17H2,1H3. The zero-order chi connectivity index (χ0) is 15.6. The zero-order valence-corrected chi connectivity index (χ0v) is 12.7. The second kappa shape index (κ2) is 6.37. The fourth-order valence-corrected chi connectivity index (χ4v) is 4.67. The van der Waals surface area contributed by atoms with Crippen LogP contribution in [0, 0.1) is 11.6 Å². The topological polar surface area (TPSA) is 63.4 Å². The van der Waals surface area contributed by atoms with Gasteiger partial charge in [0.1, 0.15) is 11.6 Å². The van der Waals surface area contributed by atoms with Gasteiger partial charge in [0.05, 0.1) is 0 Å². The Balaban J connectivity index is 2.36. The molecule has 21 heavy (non-hydrogen) atoms. The van der Waals surface area contributed by atoms with Crippen LogP contribution in [0.3, 0.4) is 0 Å². The van der Waals surface area contributed by atoms with E-state index >= 15 is 0 Å². The Bertz CT molecular complexity index is 579. The lowest BCUT2D eigenvalue weighted by molar-refractivity contribution is 0.246. The molecule has 4 nitrogen and oxygen atoms in total. The number of nitrogens with zero attached hydrogens (tertiary/aromatic N) is 1. The molecule has 2 rings (SSSR count). The Morgan fingerprint density at radius 2 is 1.71 bits per heavy atom. The molecule has 1 aliphatic carbocycles. The van der Waals surface area contributed by atoms with Gasteiger partial charge < -0.3 is 5.73 Å². The minimum Gasteiger partial charge on any atom is -0.328 e. The van der Waals surface area contributed by atoms with Crippen LogP contribution in [0.5, 0.6) is 0 Å². The maximum atomic E-state index is 13.8. The van der Waals surface area contributed by atoms with Crippen LogP contribution >= 0.6 is 0 Å². The van der Waals surface area contributed by atoms with Crippen molar-refractivity contribution < 1.29 is 17.2 Å². The summed E-state index contributed by atoms with van der Waals surface area (Å²) in [4.78, 5) is -0.860. The van der Waals surface area contributed by atoms with Crippen LogP contribution in [0.25, 0.3) is 0 Å². The minimum absolute atomic E-state index is 0.0767. The Kier molecular flexibility index (Phi) is 4.95. The monoisotopic (exact) mass is 318 g/mol. The van der Waals surface area contributed by atoms with Crippen molar-refractivity contribution in [3.8, 4) is 0 Å². The molecule has 0 aliphatic heterocycles. The van der Waals surface area contributed by atoms with Gasteiger partial charge in [-0.1, -0.05) is 13.0 Å². The molecule has 0 atom stereocenters. The van der Waals surface area contributed by atoms with E-state index in [1.165, 1.54) is 4.31 Å². The van der Waals surface area contributed by atoms with Crippen LogP contribution in [-0.4, -0.2) is 31.4 Å². The van der Waals surface area contributed by atoms with Crippen molar-refractivity contribution in [2.75, 3.05) is 6.54 Å². The summed E-state index contributed by atoms with van der Waals surface area (Å²) in [6, 6.07) is 2.90.